The van der Waals surface area contributed by atoms with Gasteiger partial charge >= 0.3 is 12.2 Å². The third kappa shape index (κ3) is 7.42. The molecule has 3 amide bonds. The first-order valence-electron chi connectivity index (χ1n) is 13.1. The molecular weight excluding hydrogens is 513 g/mol. The van der Waals surface area contributed by atoms with E-state index < -0.39 is 23.8 Å². The number of likely N-dealkylation sites (N-methyl/N-ethyl adjacent to an activating group) is 1. The number of aliphatic hydroxyl groups is 1. The van der Waals surface area contributed by atoms with Crippen LogP contribution in [0.2, 0.25) is 0 Å². The largest absolute Gasteiger partial charge is 0.488 e. The molecule has 0 spiro atoms. The van der Waals surface area contributed by atoms with Crippen molar-refractivity contribution in [3.05, 3.63) is 53.6 Å². The van der Waals surface area contributed by atoms with E-state index in [4.69, 9.17) is 4.74 Å². The zero-order chi connectivity index (χ0) is 28.3. The van der Waals surface area contributed by atoms with Crippen LogP contribution < -0.4 is 15.4 Å². The topological polar surface area (TPSA) is 94.1 Å². The highest BCUT2D eigenvalue weighted by molar-refractivity contribution is 6.02. The van der Waals surface area contributed by atoms with Crippen molar-refractivity contribution < 1.29 is 32.6 Å². The second-order valence-electron chi connectivity index (χ2n) is 10.7. The SMILES string of the molecule is C[C@H]1CN([C@@H](C)CO)C(=O)c2cc(NC(=O)Nc3ccc(C(F)(F)F)cc3)ccc2O[C@H]1CN(C)CC1CC1. The zero-order valence-corrected chi connectivity index (χ0v) is 22.3. The van der Waals surface area contributed by atoms with Gasteiger partial charge < -0.3 is 30.3 Å². The van der Waals surface area contributed by atoms with Crippen molar-refractivity contribution in [1.82, 2.24) is 9.80 Å². The van der Waals surface area contributed by atoms with Crippen LogP contribution in [0.3, 0.4) is 0 Å². The van der Waals surface area contributed by atoms with Crippen molar-refractivity contribution in [3.63, 3.8) is 0 Å². The van der Waals surface area contributed by atoms with Gasteiger partial charge in [0.1, 0.15) is 11.9 Å². The number of hydrogen-bond acceptors (Lipinski definition) is 5. The van der Waals surface area contributed by atoms with E-state index in [1.165, 1.54) is 18.9 Å². The number of amides is 3. The lowest BCUT2D eigenvalue weighted by Gasteiger charge is -2.38. The van der Waals surface area contributed by atoms with E-state index in [-0.39, 0.29) is 35.8 Å². The van der Waals surface area contributed by atoms with Crippen molar-refractivity contribution in [2.75, 3.05) is 43.9 Å². The maximum atomic E-state index is 13.6. The summed E-state index contributed by atoms with van der Waals surface area (Å²) in [6.07, 6.45) is -2.18. The van der Waals surface area contributed by atoms with Gasteiger partial charge in [-0.05, 0) is 75.2 Å². The Morgan fingerprint density at radius 2 is 1.77 bits per heavy atom. The highest BCUT2D eigenvalue weighted by Crippen LogP contribution is 2.33. The molecule has 212 valence electrons. The zero-order valence-electron chi connectivity index (χ0n) is 22.3. The molecule has 3 N–H and O–H groups in total. The molecule has 3 atom stereocenters. The van der Waals surface area contributed by atoms with Crippen molar-refractivity contribution in [1.29, 1.82) is 0 Å². The lowest BCUT2D eigenvalue weighted by atomic mass is 9.99. The highest BCUT2D eigenvalue weighted by Gasteiger charge is 2.34. The number of urea groups is 1. The third-order valence-corrected chi connectivity index (χ3v) is 7.15. The van der Waals surface area contributed by atoms with Crippen LogP contribution in [0.5, 0.6) is 5.75 Å². The van der Waals surface area contributed by atoms with Crippen LogP contribution in [0.4, 0.5) is 29.3 Å². The van der Waals surface area contributed by atoms with E-state index in [0.29, 0.717) is 24.5 Å². The smallest absolute Gasteiger partial charge is 0.416 e. The summed E-state index contributed by atoms with van der Waals surface area (Å²) in [5, 5.41) is 14.9. The van der Waals surface area contributed by atoms with Gasteiger partial charge in [0.15, 0.2) is 0 Å². The Kier molecular flexibility index (Phi) is 8.70. The third-order valence-electron chi connectivity index (χ3n) is 7.15. The Morgan fingerprint density at radius 3 is 2.38 bits per heavy atom. The maximum absolute atomic E-state index is 13.6. The molecule has 1 aliphatic heterocycles. The first-order chi connectivity index (χ1) is 18.4. The molecule has 2 aliphatic rings. The fourth-order valence-corrected chi connectivity index (χ4v) is 4.68. The number of carbonyl (C=O) groups is 2. The quantitative estimate of drug-likeness (QED) is 0.436. The molecule has 11 heteroatoms. The minimum atomic E-state index is -4.47. The molecule has 1 heterocycles. The van der Waals surface area contributed by atoms with Crippen LogP contribution in [0.25, 0.3) is 0 Å². The van der Waals surface area contributed by atoms with Crippen LogP contribution in [-0.4, -0.2) is 72.3 Å². The number of carbonyl (C=O) groups excluding carboxylic acids is 2. The average Bonchev–Trinajstić information content (AvgIpc) is 3.69. The molecule has 1 aliphatic carbocycles. The Hall–Kier alpha value is -3.31. The maximum Gasteiger partial charge on any atom is 0.416 e. The first-order valence-corrected chi connectivity index (χ1v) is 13.1. The molecule has 8 nitrogen and oxygen atoms in total. The monoisotopic (exact) mass is 548 g/mol. The summed E-state index contributed by atoms with van der Waals surface area (Å²) in [6, 6.07) is 7.75. The molecule has 0 radical (unpaired) electrons. The number of rotatable bonds is 8. The molecule has 4 rings (SSSR count). The summed E-state index contributed by atoms with van der Waals surface area (Å²) < 4.78 is 44.8. The predicted molar refractivity (Wildman–Crippen MR) is 142 cm³/mol. The average molecular weight is 549 g/mol. The number of hydrogen-bond donors (Lipinski definition) is 3. The van der Waals surface area contributed by atoms with E-state index in [2.05, 4.69) is 22.6 Å². The highest BCUT2D eigenvalue weighted by atomic mass is 19.4. The summed E-state index contributed by atoms with van der Waals surface area (Å²) in [5.41, 5.74) is -0.0741. The van der Waals surface area contributed by atoms with Crippen LogP contribution in [0, 0.1) is 11.8 Å². The van der Waals surface area contributed by atoms with Gasteiger partial charge in [0.05, 0.1) is 23.8 Å². The van der Waals surface area contributed by atoms with Gasteiger partial charge in [0.25, 0.3) is 5.91 Å². The lowest BCUT2D eigenvalue weighted by Crippen LogP contribution is -2.50. The van der Waals surface area contributed by atoms with Gasteiger partial charge in [-0.2, -0.15) is 13.2 Å². The van der Waals surface area contributed by atoms with Crippen LogP contribution in [-0.2, 0) is 6.18 Å². The molecule has 2 aromatic carbocycles. The molecule has 39 heavy (non-hydrogen) atoms. The number of nitrogens with zero attached hydrogens (tertiary/aromatic N) is 2. The minimum absolute atomic E-state index is 0.00469. The number of aliphatic hydroxyl groups excluding tert-OH is 1. The molecule has 0 saturated heterocycles. The molecule has 2 aromatic rings. The fraction of sp³-hybridized carbons (Fsp3) is 0.500. The summed E-state index contributed by atoms with van der Waals surface area (Å²) in [5.74, 6) is 0.793. The van der Waals surface area contributed by atoms with E-state index in [1.54, 1.807) is 24.0 Å². The Morgan fingerprint density at radius 1 is 1.13 bits per heavy atom. The van der Waals surface area contributed by atoms with Crippen LogP contribution in [0.15, 0.2) is 42.5 Å². The Balaban J connectivity index is 1.52. The van der Waals surface area contributed by atoms with E-state index in [0.717, 1.165) is 36.7 Å². The molecule has 0 bridgehead atoms. The molecular formula is C28H35F3N4O4. The number of alkyl halides is 3. The predicted octanol–water partition coefficient (Wildman–Crippen LogP) is 4.91. The molecule has 1 saturated carbocycles. The van der Waals surface area contributed by atoms with Crippen molar-refractivity contribution in [3.8, 4) is 5.75 Å². The van der Waals surface area contributed by atoms with E-state index in [9.17, 15) is 27.9 Å². The van der Waals surface area contributed by atoms with Gasteiger partial charge in [-0.1, -0.05) is 6.92 Å². The van der Waals surface area contributed by atoms with Gasteiger partial charge in [-0.3, -0.25) is 4.79 Å². The van der Waals surface area contributed by atoms with E-state index in [1.807, 2.05) is 6.92 Å². The molecule has 1 fully saturated rings. The van der Waals surface area contributed by atoms with Gasteiger partial charge in [-0.15, -0.1) is 0 Å². The van der Waals surface area contributed by atoms with Gasteiger partial charge in [0.2, 0.25) is 0 Å². The summed E-state index contributed by atoms with van der Waals surface area (Å²) >= 11 is 0. The number of anilines is 2. The lowest BCUT2D eigenvalue weighted by molar-refractivity contribution is -0.137. The van der Waals surface area contributed by atoms with E-state index >= 15 is 0 Å². The van der Waals surface area contributed by atoms with Crippen molar-refractivity contribution in [2.45, 2.75) is 45.0 Å². The fourth-order valence-electron chi connectivity index (χ4n) is 4.68. The number of benzene rings is 2. The second kappa shape index (κ2) is 11.8. The number of fused-ring (bicyclic) bond motifs is 1. The second-order valence-corrected chi connectivity index (χ2v) is 10.7. The summed E-state index contributed by atoms with van der Waals surface area (Å²) in [6.45, 7) is 5.68. The number of ether oxygens (including phenoxy) is 1. The summed E-state index contributed by atoms with van der Waals surface area (Å²) in [7, 11) is 2.07. The van der Waals surface area contributed by atoms with Gasteiger partial charge in [0, 0.05) is 36.9 Å². The summed E-state index contributed by atoms with van der Waals surface area (Å²) in [4.78, 5) is 30.0. The van der Waals surface area contributed by atoms with Crippen molar-refractivity contribution in [2.24, 2.45) is 11.8 Å². The first kappa shape index (κ1) is 28.7. The molecule has 0 aromatic heterocycles. The minimum Gasteiger partial charge on any atom is -0.488 e. The molecule has 0 unspecified atom stereocenters. The standard InChI is InChI=1S/C28H35F3N4O4/c1-17-13-35(18(2)16-36)26(37)23-12-22(10-11-24(23)39-25(17)15-34(3)14-19-4-5-19)33-27(38)32-21-8-6-20(7-9-21)28(29,30)31/h6-12,17-19,25,36H,4-5,13-16H2,1-3H3,(H2,32,33,38)/t17-,18-,25-/m0/s1. The number of halogens is 3. The van der Waals surface area contributed by atoms with Crippen LogP contribution >= 0.6 is 0 Å². The Bertz CT molecular complexity index is 1170. The normalized spacial score (nSPS) is 20.5. The Labute approximate surface area is 226 Å². The van der Waals surface area contributed by atoms with Crippen LogP contribution in [0.1, 0.15) is 42.6 Å². The van der Waals surface area contributed by atoms with Gasteiger partial charge in [-0.25, -0.2) is 4.79 Å². The number of nitrogens with one attached hydrogen (secondary N) is 2. The van der Waals surface area contributed by atoms with Crippen molar-refractivity contribution >= 4 is 23.3 Å².